The molecule has 2 heterocycles. The molecule has 2 amide bonds. The molecular weight excluding hydrogens is 378 g/mol. The second kappa shape index (κ2) is 7.67. The first-order valence-corrected chi connectivity index (χ1v) is 10.4. The van der Waals surface area contributed by atoms with Crippen molar-refractivity contribution in [3.8, 4) is 0 Å². The Balaban J connectivity index is 1.32. The monoisotopic (exact) mass is 406 g/mol. The van der Waals surface area contributed by atoms with Gasteiger partial charge in [-0.15, -0.1) is 0 Å². The Hall–Kier alpha value is -2.02. The minimum Gasteiger partial charge on any atom is -0.372 e. The highest BCUT2D eigenvalue weighted by molar-refractivity contribution is 5.83. The van der Waals surface area contributed by atoms with E-state index in [2.05, 4.69) is 0 Å². The molecule has 0 radical (unpaired) electrons. The summed E-state index contributed by atoms with van der Waals surface area (Å²) in [5, 5.41) is 0. The predicted molar refractivity (Wildman–Crippen MR) is 103 cm³/mol. The van der Waals surface area contributed by atoms with Gasteiger partial charge in [-0.3, -0.25) is 9.59 Å². The Morgan fingerprint density at radius 1 is 1.07 bits per heavy atom. The van der Waals surface area contributed by atoms with Crippen molar-refractivity contribution in [2.24, 2.45) is 11.3 Å². The molecule has 2 aliphatic heterocycles. The van der Waals surface area contributed by atoms with Crippen molar-refractivity contribution in [3.05, 3.63) is 35.4 Å². The molecule has 4 rings (SSSR count). The Kier molecular flexibility index (Phi) is 5.36. The molecule has 2 saturated heterocycles. The summed E-state index contributed by atoms with van der Waals surface area (Å²) in [6.45, 7) is 6.31. The quantitative estimate of drug-likeness (QED) is 0.776. The van der Waals surface area contributed by atoms with Gasteiger partial charge in [-0.1, -0.05) is 6.07 Å². The minimum atomic E-state index is -0.686. The average molecular weight is 406 g/mol. The molecule has 1 aromatic carbocycles. The largest absolute Gasteiger partial charge is 0.372 e. The molecule has 1 unspecified atom stereocenters. The maximum Gasteiger partial charge on any atom is 0.227 e. The zero-order valence-corrected chi connectivity index (χ0v) is 17.0. The van der Waals surface area contributed by atoms with Gasteiger partial charge in [0.05, 0.1) is 18.6 Å². The lowest BCUT2D eigenvalue weighted by atomic mass is 9.90. The van der Waals surface area contributed by atoms with Gasteiger partial charge < -0.3 is 14.5 Å². The van der Waals surface area contributed by atoms with Crippen LogP contribution in [-0.2, 0) is 20.7 Å². The van der Waals surface area contributed by atoms with Crippen molar-refractivity contribution in [1.29, 1.82) is 0 Å². The SMILES string of the molecule is C[C@@H]1CN(C(=O)C2CC23CCN(C(=O)Cc2c(F)cccc2F)CC3)C[C@H](C)O1. The highest BCUT2D eigenvalue weighted by Gasteiger charge is 2.59. The van der Waals surface area contributed by atoms with Gasteiger partial charge in [0.1, 0.15) is 11.6 Å². The molecule has 3 aliphatic rings. The van der Waals surface area contributed by atoms with Crippen LogP contribution in [0.5, 0.6) is 0 Å². The summed E-state index contributed by atoms with van der Waals surface area (Å²) in [4.78, 5) is 29.1. The molecule has 1 saturated carbocycles. The van der Waals surface area contributed by atoms with Crippen LogP contribution in [0.1, 0.15) is 38.7 Å². The fourth-order valence-corrected chi connectivity index (χ4v) is 4.99. The van der Waals surface area contributed by atoms with E-state index in [4.69, 9.17) is 4.74 Å². The summed E-state index contributed by atoms with van der Waals surface area (Å²) in [5.41, 5.74) is -0.185. The molecule has 1 aliphatic carbocycles. The van der Waals surface area contributed by atoms with Crippen molar-refractivity contribution in [2.45, 2.75) is 51.7 Å². The van der Waals surface area contributed by atoms with Crippen LogP contribution in [-0.4, -0.2) is 60.0 Å². The summed E-state index contributed by atoms with van der Waals surface area (Å²) in [6, 6.07) is 3.64. The van der Waals surface area contributed by atoms with Gasteiger partial charge in [0, 0.05) is 37.7 Å². The number of morpholine rings is 1. The van der Waals surface area contributed by atoms with E-state index in [-0.39, 0.29) is 47.3 Å². The molecule has 3 atom stereocenters. The predicted octanol–water partition coefficient (Wildman–Crippen LogP) is 2.77. The second-order valence-electron chi connectivity index (χ2n) is 8.88. The number of benzene rings is 1. The van der Waals surface area contributed by atoms with Crippen LogP contribution in [0.15, 0.2) is 18.2 Å². The summed E-state index contributed by atoms with van der Waals surface area (Å²) < 4.78 is 33.4. The Morgan fingerprint density at radius 2 is 1.66 bits per heavy atom. The Morgan fingerprint density at radius 3 is 2.24 bits per heavy atom. The normalized spacial score (nSPS) is 28.5. The maximum atomic E-state index is 13.8. The van der Waals surface area contributed by atoms with E-state index in [0.29, 0.717) is 26.2 Å². The lowest BCUT2D eigenvalue weighted by molar-refractivity contribution is -0.145. The van der Waals surface area contributed by atoms with Gasteiger partial charge in [-0.05, 0) is 50.7 Å². The first-order chi connectivity index (χ1) is 13.8. The number of rotatable bonds is 3. The summed E-state index contributed by atoms with van der Waals surface area (Å²) in [7, 11) is 0. The van der Waals surface area contributed by atoms with E-state index in [1.54, 1.807) is 4.90 Å². The first kappa shape index (κ1) is 20.3. The molecule has 0 aromatic heterocycles. The van der Waals surface area contributed by atoms with E-state index in [1.165, 1.54) is 18.2 Å². The van der Waals surface area contributed by atoms with Crippen molar-refractivity contribution >= 4 is 11.8 Å². The van der Waals surface area contributed by atoms with Gasteiger partial charge in [0.2, 0.25) is 11.8 Å². The number of hydrogen-bond acceptors (Lipinski definition) is 3. The number of likely N-dealkylation sites (tertiary alicyclic amines) is 1. The molecule has 0 N–H and O–H groups in total. The number of halogens is 2. The van der Waals surface area contributed by atoms with E-state index in [9.17, 15) is 18.4 Å². The van der Waals surface area contributed by atoms with Crippen LogP contribution in [0.2, 0.25) is 0 Å². The van der Waals surface area contributed by atoms with E-state index >= 15 is 0 Å². The highest BCUT2D eigenvalue weighted by atomic mass is 19.1. The molecule has 29 heavy (non-hydrogen) atoms. The molecule has 5 nitrogen and oxygen atoms in total. The van der Waals surface area contributed by atoms with Crippen molar-refractivity contribution in [1.82, 2.24) is 9.80 Å². The van der Waals surface area contributed by atoms with Gasteiger partial charge in [-0.25, -0.2) is 8.78 Å². The highest BCUT2D eigenvalue weighted by Crippen LogP contribution is 2.60. The average Bonchev–Trinajstić information content (AvgIpc) is 3.37. The van der Waals surface area contributed by atoms with E-state index in [1.807, 2.05) is 18.7 Å². The molecule has 1 spiro atoms. The summed E-state index contributed by atoms with van der Waals surface area (Å²) >= 11 is 0. The number of amides is 2. The van der Waals surface area contributed by atoms with Gasteiger partial charge in [0.15, 0.2) is 0 Å². The molecule has 158 valence electrons. The lowest BCUT2D eigenvalue weighted by Crippen LogP contribution is -2.49. The van der Waals surface area contributed by atoms with Crippen LogP contribution in [0.25, 0.3) is 0 Å². The molecule has 1 aromatic rings. The third kappa shape index (κ3) is 4.02. The number of nitrogens with zero attached hydrogens (tertiary/aromatic N) is 2. The second-order valence-corrected chi connectivity index (χ2v) is 8.88. The fraction of sp³-hybridized carbons (Fsp3) is 0.636. The van der Waals surface area contributed by atoms with E-state index < -0.39 is 11.6 Å². The van der Waals surface area contributed by atoms with Crippen molar-refractivity contribution in [3.63, 3.8) is 0 Å². The van der Waals surface area contributed by atoms with Gasteiger partial charge in [-0.2, -0.15) is 0 Å². The third-order valence-electron chi connectivity index (χ3n) is 6.72. The molecule has 0 bridgehead atoms. The van der Waals surface area contributed by atoms with Crippen molar-refractivity contribution < 1.29 is 23.1 Å². The minimum absolute atomic E-state index is 0.0120. The van der Waals surface area contributed by atoms with E-state index in [0.717, 1.165) is 19.3 Å². The van der Waals surface area contributed by atoms with Crippen LogP contribution in [0, 0.1) is 23.0 Å². The fourth-order valence-electron chi connectivity index (χ4n) is 4.99. The van der Waals surface area contributed by atoms with Crippen LogP contribution in [0.3, 0.4) is 0 Å². The lowest BCUT2D eigenvalue weighted by Gasteiger charge is -2.37. The Labute approximate surface area is 170 Å². The van der Waals surface area contributed by atoms with Gasteiger partial charge in [0.25, 0.3) is 0 Å². The number of carbonyl (C=O) groups is 2. The maximum absolute atomic E-state index is 13.8. The molecule has 3 fully saturated rings. The molecule has 7 heteroatoms. The van der Waals surface area contributed by atoms with Crippen molar-refractivity contribution in [2.75, 3.05) is 26.2 Å². The number of piperidine rings is 1. The number of hydrogen-bond donors (Lipinski definition) is 0. The standard InChI is InChI=1S/C22H28F2N2O3/c1-14-12-26(13-15(2)29-14)21(28)17-11-22(17)6-8-25(9-7-22)20(27)10-16-18(23)4-3-5-19(16)24/h3-5,14-15,17H,6-13H2,1-2H3/t14-,15+,17?. The smallest absolute Gasteiger partial charge is 0.227 e. The third-order valence-corrected chi connectivity index (χ3v) is 6.72. The topological polar surface area (TPSA) is 49.9 Å². The van der Waals surface area contributed by atoms with Crippen LogP contribution < -0.4 is 0 Å². The number of ether oxygens (including phenoxy) is 1. The first-order valence-electron chi connectivity index (χ1n) is 10.4. The Bertz CT molecular complexity index is 777. The summed E-state index contributed by atoms with van der Waals surface area (Å²) in [5.74, 6) is -1.40. The van der Waals surface area contributed by atoms with Crippen LogP contribution in [0.4, 0.5) is 8.78 Å². The van der Waals surface area contributed by atoms with Crippen LogP contribution >= 0.6 is 0 Å². The van der Waals surface area contributed by atoms with Gasteiger partial charge >= 0.3 is 0 Å². The molecular formula is C22H28F2N2O3. The summed E-state index contributed by atoms with van der Waals surface area (Å²) in [6.07, 6.45) is 2.24. The number of carbonyl (C=O) groups excluding carboxylic acids is 2. The zero-order valence-electron chi connectivity index (χ0n) is 17.0. The zero-order chi connectivity index (χ0) is 20.8.